The van der Waals surface area contributed by atoms with Gasteiger partial charge in [-0.25, -0.2) is 33.5 Å². The number of fused-ring (bicyclic) bond motifs is 5. The van der Waals surface area contributed by atoms with Crippen molar-refractivity contribution < 1.29 is 42.1 Å². The van der Waals surface area contributed by atoms with E-state index in [-0.39, 0.29) is 54.3 Å². The number of phenolic OH excluding ortho intramolecular Hbond substituents is 1. The summed E-state index contributed by atoms with van der Waals surface area (Å²) in [6.45, 7) is -0.468. The molecule has 17 nitrogen and oxygen atoms in total. The van der Waals surface area contributed by atoms with Crippen LogP contribution < -0.4 is 36.6 Å². The van der Waals surface area contributed by atoms with Gasteiger partial charge in [-0.05, 0) is 54.0 Å². The smallest absolute Gasteiger partial charge is 0.417 e. The fourth-order valence-corrected chi connectivity index (χ4v) is 9.94. The van der Waals surface area contributed by atoms with Crippen LogP contribution in [-0.4, -0.2) is 71.7 Å². The van der Waals surface area contributed by atoms with E-state index in [0.29, 0.717) is 50.4 Å². The van der Waals surface area contributed by atoms with E-state index in [9.17, 15) is 37.5 Å². The molecular weight excluding hydrogens is 912 g/mol. The molecule has 1 saturated carbocycles. The fourth-order valence-electron chi connectivity index (χ4n) is 9.61. The molecule has 2 N–H and O–H groups in total. The lowest BCUT2D eigenvalue weighted by Crippen LogP contribution is -2.53. The highest BCUT2D eigenvalue weighted by Gasteiger charge is 2.69. The number of hydrogen-bond donors (Lipinski definition) is 2. The predicted octanol–water partition coefficient (Wildman–Crippen LogP) is 5.37. The molecule has 2 amide bonds. The van der Waals surface area contributed by atoms with Gasteiger partial charge in [-0.15, -0.1) is 0 Å². The van der Waals surface area contributed by atoms with E-state index >= 15 is 4.79 Å². The number of alkyl halides is 3. The highest BCUT2D eigenvalue weighted by atomic mass is 35.5. The summed E-state index contributed by atoms with van der Waals surface area (Å²) >= 11 is 12.6. The number of benzene rings is 3. The minimum Gasteiger partial charge on any atom is -0.508 e. The third kappa shape index (κ3) is 6.71. The molecule has 5 heterocycles. The van der Waals surface area contributed by atoms with E-state index < -0.39 is 74.6 Å². The Labute approximate surface area is 380 Å². The summed E-state index contributed by atoms with van der Waals surface area (Å²) < 4.78 is 61.9. The van der Waals surface area contributed by atoms with Crippen LogP contribution in [0, 0.1) is 5.92 Å². The predicted molar refractivity (Wildman–Crippen MR) is 232 cm³/mol. The zero-order valence-electron chi connectivity index (χ0n) is 35.2. The second-order valence-electron chi connectivity index (χ2n) is 15.9. The molecule has 342 valence electrons. The molecule has 0 radical (unpaired) electrons. The molecule has 3 aromatic heterocycles. The number of amides is 2. The van der Waals surface area contributed by atoms with E-state index in [0.717, 1.165) is 4.57 Å². The molecule has 6 aromatic rings. The van der Waals surface area contributed by atoms with Crippen molar-refractivity contribution in [2.75, 3.05) is 26.8 Å². The number of pyridine rings is 1. The van der Waals surface area contributed by atoms with Gasteiger partial charge in [-0.2, -0.15) is 18.2 Å². The average Bonchev–Trinajstić information content (AvgIpc) is 3.67. The van der Waals surface area contributed by atoms with Crippen LogP contribution in [0.15, 0.2) is 92.9 Å². The number of carbonyl (C=O) groups is 2. The zero-order chi connectivity index (χ0) is 47.1. The molecule has 2 fully saturated rings. The highest BCUT2D eigenvalue weighted by molar-refractivity contribution is 6.33. The molecular formula is C44H37Cl2F3N8O9. The summed E-state index contributed by atoms with van der Waals surface area (Å²) in [6, 6.07) is 13.2. The Balaban J connectivity index is 1.18. The Bertz CT molecular complexity index is 3240. The number of rotatable bonds is 10. The number of phenols is 1. The number of imide groups is 1. The minimum atomic E-state index is -4.80. The van der Waals surface area contributed by atoms with Gasteiger partial charge in [0.05, 0.1) is 66.9 Å². The van der Waals surface area contributed by atoms with Crippen molar-refractivity contribution >= 4 is 51.9 Å². The van der Waals surface area contributed by atoms with Crippen molar-refractivity contribution in [3.8, 4) is 23.0 Å². The van der Waals surface area contributed by atoms with Crippen LogP contribution in [0.1, 0.15) is 40.8 Å². The van der Waals surface area contributed by atoms with Gasteiger partial charge in [0.25, 0.3) is 17.4 Å². The van der Waals surface area contributed by atoms with Gasteiger partial charge in [0.2, 0.25) is 0 Å². The summed E-state index contributed by atoms with van der Waals surface area (Å²) in [5, 5.41) is 12.1. The number of allylic oxidation sites excluding steroid dienone is 2. The number of aryl methyl sites for hydroxylation is 2. The lowest BCUT2D eigenvalue weighted by atomic mass is 9.53. The monoisotopic (exact) mass is 948 g/mol. The minimum absolute atomic E-state index is 0.0563. The van der Waals surface area contributed by atoms with Crippen molar-refractivity contribution in [2.45, 2.75) is 49.5 Å². The van der Waals surface area contributed by atoms with E-state index in [1.807, 2.05) is 0 Å². The van der Waals surface area contributed by atoms with E-state index in [1.165, 1.54) is 65.6 Å². The number of hydrogen-bond acceptors (Lipinski definition) is 12. The van der Waals surface area contributed by atoms with Gasteiger partial charge < -0.3 is 23.9 Å². The third-order valence-electron chi connectivity index (χ3n) is 12.7. The first-order valence-electron chi connectivity index (χ1n) is 20.2. The second kappa shape index (κ2) is 16.1. The van der Waals surface area contributed by atoms with Crippen LogP contribution in [0.2, 0.25) is 10.0 Å². The molecule has 1 saturated heterocycles. The van der Waals surface area contributed by atoms with Crippen LogP contribution in [0.4, 0.5) is 19.0 Å². The number of carbonyl (C=O) groups excluding carboxylic acids is 2. The number of ether oxygens (including phenoxy) is 3. The van der Waals surface area contributed by atoms with Gasteiger partial charge in [-0.1, -0.05) is 41.4 Å². The van der Waals surface area contributed by atoms with Crippen molar-refractivity contribution in [3.05, 3.63) is 142 Å². The number of aromatic hydroxyl groups is 1. The molecule has 3 aromatic carbocycles. The second-order valence-corrected chi connectivity index (χ2v) is 16.7. The Morgan fingerprint density at radius 2 is 1.64 bits per heavy atom. The number of anilines is 1. The van der Waals surface area contributed by atoms with Gasteiger partial charge in [0, 0.05) is 54.8 Å². The summed E-state index contributed by atoms with van der Waals surface area (Å²) in [5.41, 5.74) is -0.868. The molecule has 2 aliphatic heterocycles. The molecule has 4 atom stereocenters. The zero-order valence-corrected chi connectivity index (χ0v) is 36.7. The van der Waals surface area contributed by atoms with Gasteiger partial charge in [0.1, 0.15) is 17.2 Å². The first-order valence-corrected chi connectivity index (χ1v) is 20.9. The number of hydrazine groups is 1. The normalized spacial score (nSPS) is 20.2. The Hall–Kier alpha value is -7.06. The number of halogens is 5. The van der Waals surface area contributed by atoms with E-state index in [1.54, 1.807) is 37.4 Å². The standard InChI is InChI=1S/C44H37Cl2F3N8O9/c1-53-32-19-35(66-4)34(65-3)18-30(32)51-29(39(53)60)12-13-54-41(62)55-14-11-25-31(57(55)42(54)63)17-27-38(59)56(52-37-28(46)15-22(20-50-37)44(47,48)49)40(61)43(27,21-5-7-23(45)8-6-21)36(25)26-16-24(64-2)9-10-33(26)58/h5-11,15-16,18-20,27,31,36,58H,12-14,17H2,1-4H3,(H,50,52). The fraction of sp³-hybridized carbons (Fsp3) is 0.295. The van der Waals surface area contributed by atoms with E-state index in [2.05, 4.69) is 15.4 Å². The summed E-state index contributed by atoms with van der Waals surface area (Å²) in [7, 11) is 5.86. The molecule has 3 aliphatic rings. The van der Waals surface area contributed by atoms with Gasteiger partial charge >= 0.3 is 17.6 Å². The lowest BCUT2D eigenvalue weighted by molar-refractivity contribution is -0.139. The lowest BCUT2D eigenvalue weighted by Gasteiger charge is -2.49. The third-order valence-corrected chi connectivity index (χ3v) is 13.2. The molecule has 0 spiro atoms. The maximum Gasteiger partial charge on any atom is 0.417 e. The summed E-state index contributed by atoms with van der Waals surface area (Å²) in [6.07, 6.45) is -3.05. The van der Waals surface area contributed by atoms with Crippen LogP contribution in [0.25, 0.3) is 11.0 Å². The first kappa shape index (κ1) is 44.2. The van der Waals surface area contributed by atoms with Crippen molar-refractivity contribution in [2.24, 2.45) is 13.0 Å². The Morgan fingerprint density at radius 1 is 0.924 bits per heavy atom. The molecule has 4 unspecified atom stereocenters. The topological polar surface area (TPSA) is 194 Å². The van der Waals surface area contributed by atoms with Crippen molar-refractivity contribution in [3.63, 3.8) is 0 Å². The van der Waals surface area contributed by atoms with Crippen LogP contribution >= 0.6 is 23.2 Å². The SMILES string of the molecule is COc1ccc(O)c(C2C3=CCn4c(=O)n(CCc5nc6cc(OC)c(OC)cc6n(C)c5=O)c(=O)n4C3CC3C(=O)N(Nc4ncc(C(F)(F)F)cc4Cl)C(=O)C32c2ccc(Cl)cc2)c1. The highest BCUT2D eigenvalue weighted by Crippen LogP contribution is 2.63. The molecule has 1 aliphatic carbocycles. The van der Waals surface area contributed by atoms with Gasteiger partial charge in [-0.3, -0.25) is 19.8 Å². The van der Waals surface area contributed by atoms with Crippen molar-refractivity contribution in [1.29, 1.82) is 0 Å². The number of aromatic nitrogens is 6. The van der Waals surface area contributed by atoms with Crippen molar-refractivity contribution in [1.82, 2.24) is 33.5 Å². The maximum atomic E-state index is 15.5. The maximum absolute atomic E-state index is 15.5. The number of methoxy groups -OCH3 is 3. The average molecular weight is 950 g/mol. The van der Waals surface area contributed by atoms with Crippen LogP contribution in [0.3, 0.4) is 0 Å². The van der Waals surface area contributed by atoms with Crippen LogP contribution in [-0.2, 0) is 47.7 Å². The van der Waals surface area contributed by atoms with Gasteiger partial charge in [0.15, 0.2) is 17.3 Å². The molecule has 66 heavy (non-hydrogen) atoms. The summed E-state index contributed by atoms with van der Waals surface area (Å²) in [5.74, 6) is -4.15. The summed E-state index contributed by atoms with van der Waals surface area (Å²) in [4.78, 5) is 81.3. The van der Waals surface area contributed by atoms with Crippen LogP contribution in [0.5, 0.6) is 23.0 Å². The molecule has 22 heteroatoms. The largest absolute Gasteiger partial charge is 0.508 e. The first-order chi connectivity index (χ1) is 31.4. The number of nitrogens with one attached hydrogen (secondary N) is 1. The number of nitrogens with zero attached hydrogens (tertiary/aromatic N) is 7. The van der Waals surface area contributed by atoms with E-state index in [4.69, 9.17) is 37.4 Å². The molecule has 9 rings (SSSR count). The quantitative estimate of drug-likeness (QED) is 0.132. The Kier molecular flexibility index (Phi) is 10.8. The molecule has 0 bridgehead atoms. The Morgan fingerprint density at radius 3 is 2.30 bits per heavy atom.